The van der Waals surface area contributed by atoms with Crippen LogP contribution in [0, 0.1) is 5.41 Å². The van der Waals surface area contributed by atoms with Crippen LogP contribution in [0.4, 0.5) is 0 Å². The Balaban J connectivity index is 1.91. The van der Waals surface area contributed by atoms with Gasteiger partial charge in [-0.3, -0.25) is 9.48 Å². The second kappa shape index (κ2) is 7.22. The minimum Gasteiger partial charge on any atom is -0.396 e. The van der Waals surface area contributed by atoms with Crippen LogP contribution in [-0.2, 0) is 6.54 Å². The van der Waals surface area contributed by atoms with E-state index in [1.165, 1.54) is 0 Å². The molecule has 1 heterocycles. The number of carbonyl (C=O) groups is 1. The Bertz CT molecular complexity index is 589. The van der Waals surface area contributed by atoms with Crippen molar-refractivity contribution in [2.45, 2.75) is 26.8 Å². The summed E-state index contributed by atoms with van der Waals surface area (Å²) in [5, 5.41) is 16.1. The number of carbonyl (C=O) groups excluding carboxylic acids is 1. The van der Waals surface area contributed by atoms with E-state index in [-0.39, 0.29) is 17.9 Å². The van der Waals surface area contributed by atoms with Crippen molar-refractivity contribution in [3.05, 3.63) is 53.9 Å². The molecule has 0 saturated carbocycles. The van der Waals surface area contributed by atoms with Gasteiger partial charge in [0, 0.05) is 31.1 Å². The van der Waals surface area contributed by atoms with Gasteiger partial charge in [0.2, 0.25) is 0 Å². The highest BCUT2D eigenvalue weighted by molar-refractivity contribution is 5.94. The van der Waals surface area contributed by atoms with Crippen molar-refractivity contribution in [1.29, 1.82) is 0 Å². The summed E-state index contributed by atoms with van der Waals surface area (Å²) in [7, 11) is 0. The van der Waals surface area contributed by atoms with Crippen LogP contribution in [0.1, 0.15) is 36.2 Å². The molecular weight excluding hydrogens is 278 g/mol. The van der Waals surface area contributed by atoms with Gasteiger partial charge in [0.05, 0.1) is 6.54 Å². The molecule has 5 nitrogen and oxygen atoms in total. The first-order valence-electron chi connectivity index (χ1n) is 7.46. The predicted octanol–water partition coefficient (Wildman–Crippen LogP) is 2.07. The Morgan fingerprint density at radius 3 is 2.64 bits per heavy atom. The molecule has 0 aliphatic heterocycles. The standard InChI is InChI=1S/C17H23N3O2/c1-17(2,8-11-21)13-18-16(22)15-6-4-14(5-7-15)12-20-10-3-9-19-20/h3-7,9-10,21H,8,11-13H2,1-2H3,(H,18,22). The van der Waals surface area contributed by atoms with Gasteiger partial charge in [0.25, 0.3) is 5.91 Å². The van der Waals surface area contributed by atoms with Crippen LogP contribution >= 0.6 is 0 Å². The monoisotopic (exact) mass is 301 g/mol. The molecule has 0 saturated heterocycles. The summed E-state index contributed by atoms with van der Waals surface area (Å²) >= 11 is 0. The molecule has 1 aromatic carbocycles. The average Bonchev–Trinajstić information content (AvgIpc) is 2.98. The number of hydrogen-bond donors (Lipinski definition) is 2. The van der Waals surface area contributed by atoms with Crippen LogP contribution in [0.2, 0.25) is 0 Å². The highest BCUT2D eigenvalue weighted by Crippen LogP contribution is 2.18. The predicted molar refractivity (Wildman–Crippen MR) is 85.6 cm³/mol. The van der Waals surface area contributed by atoms with Gasteiger partial charge in [-0.05, 0) is 35.6 Å². The zero-order valence-corrected chi connectivity index (χ0v) is 13.1. The largest absolute Gasteiger partial charge is 0.396 e. The van der Waals surface area contributed by atoms with E-state index in [9.17, 15) is 4.79 Å². The fraction of sp³-hybridized carbons (Fsp3) is 0.412. The quantitative estimate of drug-likeness (QED) is 0.822. The van der Waals surface area contributed by atoms with E-state index < -0.39 is 0 Å². The van der Waals surface area contributed by atoms with Gasteiger partial charge < -0.3 is 10.4 Å². The Kier molecular flexibility index (Phi) is 5.33. The van der Waals surface area contributed by atoms with Crippen molar-refractivity contribution in [3.63, 3.8) is 0 Å². The fourth-order valence-electron chi connectivity index (χ4n) is 2.16. The van der Waals surface area contributed by atoms with Crippen LogP contribution < -0.4 is 5.32 Å². The van der Waals surface area contributed by atoms with Crippen molar-refractivity contribution in [2.75, 3.05) is 13.2 Å². The number of aromatic nitrogens is 2. The Hall–Kier alpha value is -2.14. The average molecular weight is 301 g/mol. The molecule has 0 aliphatic carbocycles. The smallest absolute Gasteiger partial charge is 0.251 e. The van der Waals surface area contributed by atoms with E-state index in [1.807, 2.05) is 55.1 Å². The van der Waals surface area contributed by atoms with Crippen LogP contribution in [0.25, 0.3) is 0 Å². The molecule has 0 fully saturated rings. The SMILES string of the molecule is CC(C)(CCO)CNC(=O)c1ccc(Cn2cccn2)cc1. The van der Waals surface area contributed by atoms with Gasteiger partial charge in [-0.2, -0.15) is 5.10 Å². The number of aliphatic hydroxyl groups is 1. The number of amides is 1. The van der Waals surface area contributed by atoms with Crippen molar-refractivity contribution in [2.24, 2.45) is 5.41 Å². The summed E-state index contributed by atoms with van der Waals surface area (Å²) in [6, 6.07) is 9.42. The molecule has 2 N–H and O–H groups in total. The van der Waals surface area contributed by atoms with Crippen molar-refractivity contribution in [3.8, 4) is 0 Å². The molecule has 0 unspecified atom stereocenters. The van der Waals surface area contributed by atoms with E-state index in [0.29, 0.717) is 25.1 Å². The summed E-state index contributed by atoms with van der Waals surface area (Å²) < 4.78 is 1.84. The number of benzene rings is 1. The highest BCUT2D eigenvalue weighted by Gasteiger charge is 2.18. The summed E-state index contributed by atoms with van der Waals surface area (Å²) in [4.78, 5) is 12.1. The molecule has 5 heteroatoms. The lowest BCUT2D eigenvalue weighted by molar-refractivity contribution is 0.0928. The van der Waals surface area contributed by atoms with Gasteiger partial charge >= 0.3 is 0 Å². The number of nitrogens with one attached hydrogen (secondary N) is 1. The molecule has 1 amide bonds. The molecule has 118 valence electrons. The third-order valence-electron chi connectivity index (χ3n) is 3.64. The third kappa shape index (κ3) is 4.70. The second-order valence-electron chi connectivity index (χ2n) is 6.22. The molecule has 2 aromatic rings. The van der Waals surface area contributed by atoms with E-state index in [1.54, 1.807) is 6.20 Å². The lowest BCUT2D eigenvalue weighted by Gasteiger charge is -2.23. The fourth-order valence-corrected chi connectivity index (χ4v) is 2.16. The summed E-state index contributed by atoms with van der Waals surface area (Å²) in [6.07, 6.45) is 4.32. The number of nitrogens with zero attached hydrogens (tertiary/aromatic N) is 2. The maximum atomic E-state index is 12.1. The van der Waals surface area contributed by atoms with Crippen LogP contribution in [-0.4, -0.2) is 33.9 Å². The van der Waals surface area contributed by atoms with E-state index in [0.717, 1.165) is 5.56 Å². The van der Waals surface area contributed by atoms with Crippen LogP contribution in [0.15, 0.2) is 42.7 Å². The van der Waals surface area contributed by atoms with Crippen molar-refractivity contribution in [1.82, 2.24) is 15.1 Å². The minimum atomic E-state index is -0.107. The van der Waals surface area contributed by atoms with Gasteiger partial charge in [0.15, 0.2) is 0 Å². The Labute approximate surface area is 131 Å². The van der Waals surface area contributed by atoms with Gasteiger partial charge in [-0.1, -0.05) is 26.0 Å². The number of hydrogen-bond acceptors (Lipinski definition) is 3. The number of aliphatic hydroxyl groups excluding tert-OH is 1. The van der Waals surface area contributed by atoms with E-state index in [2.05, 4.69) is 10.4 Å². The maximum absolute atomic E-state index is 12.1. The molecular formula is C17H23N3O2. The lowest BCUT2D eigenvalue weighted by atomic mass is 9.89. The first kappa shape index (κ1) is 16.2. The Morgan fingerprint density at radius 2 is 2.05 bits per heavy atom. The normalized spacial score (nSPS) is 11.4. The molecule has 1 aromatic heterocycles. The molecule has 22 heavy (non-hydrogen) atoms. The highest BCUT2D eigenvalue weighted by atomic mass is 16.3. The van der Waals surface area contributed by atoms with Crippen LogP contribution in [0.3, 0.4) is 0 Å². The van der Waals surface area contributed by atoms with Gasteiger partial charge in [-0.15, -0.1) is 0 Å². The third-order valence-corrected chi connectivity index (χ3v) is 3.64. The zero-order chi connectivity index (χ0) is 16.0. The topological polar surface area (TPSA) is 67.2 Å². The lowest BCUT2D eigenvalue weighted by Crippen LogP contribution is -2.34. The number of rotatable bonds is 7. The summed E-state index contributed by atoms with van der Waals surface area (Å²) in [5.41, 5.74) is 1.63. The van der Waals surface area contributed by atoms with E-state index in [4.69, 9.17) is 5.11 Å². The minimum absolute atomic E-state index is 0.0864. The van der Waals surface area contributed by atoms with Crippen molar-refractivity contribution < 1.29 is 9.90 Å². The molecule has 0 radical (unpaired) electrons. The first-order chi connectivity index (χ1) is 10.5. The molecule has 0 spiro atoms. The molecule has 0 atom stereocenters. The Morgan fingerprint density at radius 1 is 1.32 bits per heavy atom. The van der Waals surface area contributed by atoms with Crippen molar-refractivity contribution >= 4 is 5.91 Å². The van der Waals surface area contributed by atoms with E-state index >= 15 is 0 Å². The summed E-state index contributed by atoms with van der Waals surface area (Å²) in [5.74, 6) is -0.0864. The summed E-state index contributed by atoms with van der Waals surface area (Å²) in [6.45, 7) is 5.41. The maximum Gasteiger partial charge on any atom is 0.251 e. The van der Waals surface area contributed by atoms with Crippen LogP contribution in [0.5, 0.6) is 0 Å². The zero-order valence-electron chi connectivity index (χ0n) is 13.1. The molecule has 2 rings (SSSR count). The first-order valence-corrected chi connectivity index (χ1v) is 7.46. The molecule has 0 aliphatic rings. The van der Waals surface area contributed by atoms with Gasteiger partial charge in [-0.25, -0.2) is 0 Å². The van der Waals surface area contributed by atoms with Gasteiger partial charge in [0.1, 0.15) is 0 Å². The second-order valence-corrected chi connectivity index (χ2v) is 6.22. The molecule has 0 bridgehead atoms.